The van der Waals surface area contributed by atoms with E-state index in [0.29, 0.717) is 23.9 Å². The van der Waals surface area contributed by atoms with Crippen LogP contribution in [0.4, 0.5) is 11.5 Å². The maximum Gasteiger partial charge on any atom is 0.193 e. The highest BCUT2D eigenvalue weighted by atomic mass is 16.5. The molecule has 5 rings (SSSR count). The van der Waals surface area contributed by atoms with E-state index in [1.807, 2.05) is 66.7 Å². The molecule has 1 N–H and O–H groups in total. The van der Waals surface area contributed by atoms with Crippen molar-refractivity contribution >= 4 is 22.4 Å². The largest absolute Gasteiger partial charge is 0.372 e. The fraction of sp³-hybridized carbons (Fsp3) is 0.231. The molecule has 0 unspecified atom stereocenters. The van der Waals surface area contributed by atoms with Crippen molar-refractivity contribution in [2.24, 2.45) is 0 Å². The molecule has 0 radical (unpaired) electrons. The highest BCUT2D eigenvalue weighted by Gasteiger charge is 2.17. The van der Waals surface area contributed by atoms with Crippen LogP contribution in [0, 0.1) is 0 Å². The van der Waals surface area contributed by atoms with Crippen molar-refractivity contribution in [1.29, 1.82) is 0 Å². The number of para-hydroxylation sites is 2. The molecule has 0 atom stereocenters. The Bertz CT molecular complexity index is 1230. The maximum absolute atomic E-state index is 12.9. The molecule has 0 saturated heterocycles. The fourth-order valence-electron chi connectivity index (χ4n) is 4.21. The Labute approximate surface area is 181 Å². The van der Waals surface area contributed by atoms with Gasteiger partial charge in [0.1, 0.15) is 5.82 Å². The molecule has 2 aromatic heterocycles. The van der Waals surface area contributed by atoms with Gasteiger partial charge in [-0.2, -0.15) is 0 Å². The predicted octanol–water partition coefficient (Wildman–Crippen LogP) is 5.59. The monoisotopic (exact) mass is 411 g/mol. The molecule has 156 valence electrons. The number of nitrogens with zero attached hydrogens (tertiary/aromatic N) is 2. The molecule has 0 amide bonds. The summed E-state index contributed by atoms with van der Waals surface area (Å²) in [7, 11) is 0. The van der Waals surface area contributed by atoms with Gasteiger partial charge in [0.25, 0.3) is 0 Å². The van der Waals surface area contributed by atoms with Gasteiger partial charge in [-0.15, -0.1) is 0 Å². The van der Waals surface area contributed by atoms with Gasteiger partial charge < -0.3 is 10.1 Å². The van der Waals surface area contributed by atoms with Crippen LogP contribution in [0.1, 0.15) is 31.4 Å². The first-order valence-corrected chi connectivity index (χ1v) is 10.8. The molecule has 31 heavy (non-hydrogen) atoms. The van der Waals surface area contributed by atoms with Gasteiger partial charge in [-0.05, 0) is 43.2 Å². The van der Waals surface area contributed by atoms with Gasteiger partial charge in [-0.25, -0.2) is 0 Å². The average Bonchev–Trinajstić information content (AvgIpc) is 3.33. The summed E-state index contributed by atoms with van der Waals surface area (Å²) in [4.78, 5) is 17.4. The number of aromatic nitrogens is 2. The van der Waals surface area contributed by atoms with E-state index in [0.717, 1.165) is 35.4 Å². The second kappa shape index (κ2) is 8.74. The maximum atomic E-state index is 12.9. The minimum Gasteiger partial charge on any atom is -0.372 e. The summed E-state index contributed by atoms with van der Waals surface area (Å²) in [6.45, 7) is 0.458. The summed E-state index contributed by atoms with van der Waals surface area (Å²) < 4.78 is 8.15. The smallest absolute Gasteiger partial charge is 0.193 e. The quantitative estimate of drug-likeness (QED) is 0.449. The van der Waals surface area contributed by atoms with E-state index in [-0.39, 0.29) is 5.43 Å². The van der Waals surface area contributed by atoms with E-state index in [2.05, 4.69) is 14.9 Å². The van der Waals surface area contributed by atoms with E-state index in [9.17, 15) is 4.79 Å². The van der Waals surface area contributed by atoms with Gasteiger partial charge in [0.2, 0.25) is 0 Å². The molecule has 1 aliphatic carbocycles. The third-order valence-corrected chi connectivity index (χ3v) is 5.78. The summed E-state index contributed by atoms with van der Waals surface area (Å²) in [5, 5.41) is 4.00. The van der Waals surface area contributed by atoms with Crippen molar-refractivity contribution in [1.82, 2.24) is 9.55 Å². The Hall–Kier alpha value is -3.44. The van der Waals surface area contributed by atoms with E-state index in [1.54, 1.807) is 12.3 Å². The summed E-state index contributed by atoms with van der Waals surface area (Å²) in [5.74, 6) is 0.712. The number of hydrogen-bond donors (Lipinski definition) is 1. The van der Waals surface area contributed by atoms with Gasteiger partial charge in [0, 0.05) is 23.6 Å². The topological polar surface area (TPSA) is 56.2 Å². The number of benzene rings is 2. The molecule has 2 heterocycles. The predicted molar refractivity (Wildman–Crippen MR) is 124 cm³/mol. The summed E-state index contributed by atoms with van der Waals surface area (Å²) in [6, 6.07) is 23.5. The lowest BCUT2D eigenvalue weighted by Gasteiger charge is -2.19. The molecule has 1 aliphatic rings. The Kier molecular flexibility index (Phi) is 5.50. The van der Waals surface area contributed by atoms with Crippen LogP contribution in [0.25, 0.3) is 16.6 Å². The number of pyridine rings is 2. The minimum absolute atomic E-state index is 0.0589. The van der Waals surface area contributed by atoms with Gasteiger partial charge in [0.05, 0.1) is 29.3 Å². The Balaban J connectivity index is 1.62. The first kappa shape index (κ1) is 19.5. The van der Waals surface area contributed by atoms with Crippen LogP contribution in [0.3, 0.4) is 0 Å². The molecule has 1 fully saturated rings. The second-order valence-electron chi connectivity index (χ2n) is 7.97. The van der Waals surface area contributed by atoms with Crippen molar-refractivity contribution in [2.75, 3.05) is 5.32 Å². The van der Waals surface area contributed by atoms with Crippen LogP contribution < -0.4 is 10.7 Å². The molecule has 4 aromatic rings. The summed E-state index contributed by atoms with van der Waals surface area (Å²) in [5.41, 5.74) is 3.48. The van der Waals surface area contributed by atoms with Crippen molar-refractivity contribution in [2.45, 2.75) is 38.4 Å². The average molecular weight is 412 g/mol. The SMILES string of the molecule is O=c1cc(Nc2ccccc2)n(-c2ccccc2)c2cc(COC3CCCC3)ncc12. The lowest BCUT2D eigenvalue weighted by molar-refractivity contribution is 0.0438. The molecule has 0 spiro atoms. The first-order chi connectivity index (χ1) is 15.3. The van der Waals surface area contributed by atoms with Gasteiger partial charge in [-0.3, -0.25) is 14.3 Å². The zero-order valence-corrected chi connectivity index (χ0v) is 17.3. The number of anilines is 2. The molecular formula is C26H25N3O2. The van der Waals surface area contributed by atoms with Crippen LogP contribution in [0.5, 0.6) is 0 Å². The van der Waals surface area contributed by atoms with Crippen LogP contribution in [0.2, 0.25) is 0 Å². The number of ether oxygens (including phenoxy) is 1. The third kappa shape index (κ3) is 4.23. The normalized spacial score (nSPS) is 14.2. The first-order valence-electron chi connectivity index (χ1n) is 10.8. The highest BCUT2D eigenvalue weighted by Crippen LogP contribution is 2.26. The van der Waals surface area contributed by atoms with Crippen LogP contribution in [-0.4, -0.2) is 15.7 Å². The van der Waals surface area contributed by atoms with Crippen molar-refractivity contribution < 1.29 is 4.74 Å². The Morgan fingerprint density at radius 3 is 2.42 bits per heavy atom. The van der Waals surface area contributed by atoms with E-state index < -0.39 is 0 Å². The van der Waals surface area contributed by atoms with E-state index in [4.69, 9.17) is 4.74 Å². The van der Waals surface area contributed by atoms with Gasteiger partial charge >= 0.3 is 0 Å². The number of fused-ring (bicyclic) bond motifs is 1. The zero-order chi connectivity index (χ0) is 21.0. The second-order valence-corrected chi connectivity index (χ2v) is 7.97. The fourth-order valence-corrected chi connectivity index (χ4v) is 4.21. The van der Waals surface area contributed by atoms with Crippen molar-refractivity contribution in [3.8, 4) is 5.69 Å². The minimum atomic E-state index is -0.0589. The number of nitrogens with one attached hydrogen (secondary N) is 1. The summed E-state index contributed by atoms with van der Waals surface area (Å²) in [6.07, 6.45) is 6.70. The molecule has 0 bridgehead atoms. The Morgan fingerprint density at radius 2 is 1.68 bits per heavy atom. The molecule has 1 saturated carbocycles. The van der Waals surface area contributed by atoms with Gasteiger partial charge in [-0.1, -0.05) is 49.2 Å². The van der Waals surface area contributed by atoms with E-state index in [1.165, 1.54) is 12.8 Å². The molecule has 5 nitrogen and oxygen atoms in total. The lowest BCUT2D eigenvalue weighted by atomic mass is 10.2. The van der Waals surface area contributed by atoms with E-state index >= 15 is 0 Å². The third-order valence-electron chi connectivity index (χ3n) is 5.78. The lowest BCUT2D eigenvalue weighted by Crippen LogP contribution is -2.14. The molecule has 2 aromatic carbocycles. The van der Waals surface area contributed by atoms with Crippen molar-refractivity contribution in [3.05, 3.63) is 94.9 Å². The number of hydrogen-bond acceptors (Lipinski definition) is 4. The van der Waals surface area contributed by atoms with Crippen LogP contribution in [-0.2, 0) is 11.3 Å². The standard InChI is InChI=1S/C26H25N3O2/c30-25-16-26(28-19-9-3-1-4-10-19)29(21-11-5-2-6-12-21)24-15-20(27-17-23(24)25)18-31-22-13-7-8-14-22/h1-6,9-12,15-17,22,28H,7-8,13-14,18H2. The van der Waals surface area contributed by atoms with Crippen LogP contribution in [0.15, 0.2) is 83.8 Å². The zero-order valence-electron chi connectivity index (χ0n) is 17.3. The highest BCUT2D eigenvalue weighted by molar-refractivity contribution is 5.83. The molecule has 5 heteroatoms. The van der Waals surface area contributed by atoms with Crippen LogP contribution >= 0.6 is 0 Å². The molecular weight excluding hydrogens is 386 g/mol. The van der Waals surface area contributed by atoms with Gasteiger partial charge in [0.15, 0.2) is 5.43 Å². The van der Waals surface area contributed by atoms with Crippen molar-refractivity contribution in [3.63, 3.8) is 0 Å². The number of rotatable bonds is 6. The summed E-state index contributed by atoms with van der Waals surface area (Å²) >= 11 is 0. The molecule has 0 aliphatic heterocycles. The Morgan fingerprint density at radius 1 is 0.968 bits per heavy atom.